The van der Waals surface area contributed by atoms with E-state index >= 15 is 0 Å². The fourth-order valence-electron chi connectivity index (χ4n) is 2.42. The van der Waals surface area contributed by atoms with Crippen LogP contribution in [0.1, 0.15) is 26.3 Å². The maximum atomic E-state index is 12.1. The van der Waals surface area contributed by atoms with Crippen molar-refractivity contribution in [3.63, 3.8) is 0 Å². The first-order chi connectivity index (χ1) is 9.93. The molecule has 0 fully saturated rings. The number of guanidine groups is 1. The minimum absolute atomic E-state index is 0.161. The van der Waals surface area contributed by atoms with Gasteiger partial charge in [0.15, 0.2) is 5.96 Å². The third-order valence-corrected chi connectivity index (χ3v) is 5.55. The molecule has 1 unspecified atom stereocenters. The molecule has 0 bridgehead atoms. The summed E-state index contributed by atoms with van der Waals surface area (Å²) in [6.45, 7) is 7.65. The van der Waals surface area contributed by atoms with Crippen molar-refractivity contribution in [3.8, 4) is 0 Å². The Balaban J connectivity index is 1.95. The first-order valence-electron chi connectivity index (χ1n) is 7.38. The van der Waals surface area contributed by atoms with Gasteiger partial charge in [-0.2, -0.15) is 0 Å². The molecule has 0 saturated heterocycles. The Morgan fingerprint density at radius 2 is 2.10 bits per heavy atom. The van der Waals surface area contributed by atoms with E-state index in [1.165, 1.54) is 11.3 Å². The van der Waals surface area contributed by atoms with Crippen molar-refractivity contribution in [1.29, 1.82) is 0 Å². The van der Waals surface area contributed by atoms with E-state index in [-0.39, 0.29) is 4.75 Å². The van der Waals surface area contributed by atoms with Crippen LogP contribution in [0.15, 0.2) is 29.3 Å². The topological polar surface area (TPSA) is 44.7 Å². The molecule has 0 radical (unpaired) electrons. The van der Waals surface area contributed by atoms with Crippen LogP contribution < -0.4 is 10.2 Å². The molecule has 0 aromatic heterocycles. The molecule has 1 N–H and O–H groups in total. The van der Waals surface area contributed by atoms with Crippen molar-refractivity contribution >= 4 is 22.4 Å². The van der Waals surface area contributed by atoms with E-state index in [4.69, 9.17) is 0 Å². The number of fused-ring (bicyclic) bond motifs is 1. The number of nitrogens with zero attached hydrogens (tertiary/aromatic N) is 2. The molecule has 116 valence electrons. The highest BCUT2D eigenvalue weighted by atomic mass is 32.2. The van der Waals surface area contributed by atoms with Crippen molar-refractivity contribution in [2.24, 2.45) is 4.99 Å². The molecule has 1 heterocycles. The number of para-hydroxylation sites is 1. The van der Waals surface area contributed by atoms with Crippen molar-refractivity contribution in [3.05, 3.63) is 29.8 Å². The fraction of sp³-hybridized carbons (Fsp3) is 0.562. The Labute approximate surface area is 130 Å². The Morgan fingerprint density at radius 1 is 1.38 bits per heavy atom. The zero-order valence-corrected chi connectivity index (χ0v) is 14.2. The predicted molar refractivity (Wildman–Crippen MR) is 91.6 cm³/mol. The molecule has 1 atom stereocenters. The molecule has 4 nitrogen and oxygen atoms in total. The quantitative estimate of drug-likeness (QED) is 0.687. The van der Waals surface area contributed by atoms with Gasteiger partial charge in [-0.15, -0.1) is 0 Å². The van der Waals surface area contributed by atoms with E-state index in [0.717, 1.165) is 18.9 Å². The molecule has 1 aliphatic rings. The highest BCUT2D eigenvalue weighted by Crippen LogP contribution is 2.27. The zero-order chi connectivity index (χ0) is 15.5. The van der Waals surface area contributed by atoms with Gasteiger partial charge in [-0.3, -0.25) is 9.20 Å². The van der Waals surface area contributed by atoms with Crippen molar-refractivity contribution < 1.29 is 4.21 Å². The Kier molecular flexibility index (Phi) is 5.04. The lowest BCUT2D eigenvalue weighted by Gasteiger charge is -2.23. The average Bonchev–Trinajstić information content (AvgIpc) is 2.86. The van der Waals surface area contributed by atoms with Crippen LogP contribution in [0.2, 0.25) is 0 Å². The van der Waals surface area contributed by atoms with E-state index in [1.54, 1.807) is 7.05 Å². The average molecular weight is 307 g/mol. The summed E-state index contributed by atoms with van der Waals surface area (Å²) in [5.41, 5.74) is 2.58. The second-order valence-corrected chi connectivity index (χ2v) is 8.49. The summed E-state index contributed by atoms with van der Waals surface area (Å²) < 4.78 is 11.9. The van der Waals surface area contributed by atoms with Crippen molar-refractivity contribution in [1.82, 2.24) is 5.32 Å². The third-order valence-electron chi connectivity index (χ3n) is 3.61. The number of rotatable bonds is 3. The largest absolute Gasteiger partial charge is 0.355 e. The summed E-state index contributed by atoms with van der Waals surface area (Å²) in [4.78, 5) is 6.56. The number of aliphatic imine (C=N–C) groups is 1. The second-order valence-electron chi connectivity index (χ2n) is 6.17. The molecule has 1 aromatic rings. The minimum atomic E-state index is -0.838. The number of anilines is 1. The number of nitrogens with one attached hydrogen (secondary N) is 1. The van der Waals surface area contributed by atoms with E-state index in [0.29, 0.717) is 12.3 Å². The van der Waals surface area contributed by atoms with Gasteiger partial charge >= 0.3 is 0 Å². The van der Waals surface area contributed by atoms with Crippen LogP contribution in [0.5, 0.6) is 0 Å². The summed E-state index contributed by atoms with van der Waals surface area (Å²) in [6, 6.07) is 8.42. The Morgan fingerprint density at radius 3 is 2.76 bits per heavy atom. The van der Waals surface area contributed by atoms with Gasteiger partial charge in [0.25, 0.3) is 0 Å². The van der Waals surface area contributed by atoms with E-state index in [2.05, 4.69) is 39.5 Å². The zero-order valence-electron chi connectivity index (χ0n) is 13.3. The van der Waals surface area contributed by atoms with Crippen LogP contribution in [-0.4, -0.2) is 40.8 Å². The number of benzene rings is 1. The lowest BCUT2D eigenvalue weighted by Crippen LogP contribution is -2.42. The third kappa shape index (κ3) is 3.84. The first-order valence-corrected chi connectivity index (χ1v) is 8.70. The SMILES string of the molecule is CN=C(NCCS(=O)C(C)(C)C)N1CCc2ccccc21. The molecule has 5 heteroatoms. The lowest BCUT2D eigenvalue weighted by atomic mass is 10.2. The first kappa shape index (κ1) is 16.0. The highest BCUT2D eigenvalue weighted by Gasteiger charge is 2.23. The molecule has 0 amide bonds. The number of hydrogen-bond acceptors (Lipinski definition) is 2. The van der Waals surface area contributed by atoms with Crippen molar-refractivity contribution in [2.45, 2.75) is 31.9 Å². The van der Waals surface area contributed by atoms with Crippen molar-refractivity contribution in [2.75, 3.05) is 30.8 Å². The highest BCUT2D eigenvalue weighted by molar-refractivity contribution is 7.86. The van der Waals surface area contributed by atoms with Gasteiger partial charge in [-0.1, -0.05) is 18.2 Å². The summed E-state index contributed by atoms with van der Waals surface area (Å²) in [7, 11) is 0.957. The van der Waals surface area contributed by atoms with Gasteiger partial charge in [0.1, 0.15) is 0 Å². The van der Waals surface area contributed by atoms with Gasteiger partial charge in [0, 0.05) is 47.1 Å². The molecule has 21 heavy (non-hydrogen) atoms. The Hall–Kier alpha value is -1.36. The van der Waals surface area contributed by atoms with Gasteiger partial charge in [-0.25, -0.2) is 0 Å². The van der Waals surface area contributed by atoms with E-state index in [9.17, 15) is 4.21 Å². The fourth-order valence-corrected chi connectivity index (χ4v) is 3.32. The molecule has 2 rings (SSSR count). The smallest absolute Gasteiger partial charge is 0.198 e. The molecular weight excluding hydrogens is 282 g/mol. The lowest BCUT2D eigenvalue weighted by molar-refractivity contribution is 0.647. The summed E-state index contributed by atoms with van der Waals surface area (Å²) in [5.74, 6) is 1.50. The maximum absolute atomic E-state index is 12.1. The van der Waals surface area contributed by atoms with Crippen LogP contribution in [0.25, 0.3) is 0 Å². The van der Waals surface area contributed by atoms with Gasteiger partial charge < -0.3 is 10.2 Å². The van der Waals surface area contributed by atoms with E-state index in [1.807, 2.05) is 20.8 Å². The monoisotopic (exact) mass is 307 g/mol. The van der Waals surface area contributed by atoms with Crippen LogP contribution in [0.3, 0.4) is 0 Å². The minimum Gasteiger partial charge on any atom is -0.355 e. The Bertz CT molecular complexity index is 549. The normalized spacial score (nSPS) is 16.8. The molecule has 1 aliphatic heterocycles. The van der Waals surface area contributed by atoms with E-state index < -0.39 is 10.8 Å². The molecule has 0 saturated carbocycles. The maximum Gasteiger partial charge on any atom is 0.198 e. The van der Waals surface area contributed by atoms with Crippen LogP contribution >= 0.6 is 0 Å². The standard InChI is InChI=1S/C16H25N3OS/c1-16(2,3)21(20)12-10-18-15(17-4)19-11-9-13-7-5-6-8-14(13)19/h5-8H,9-12H2,1-4H3,(H,17,18). The molecule has 0 aliphatic carbocycles. The molecule has 0 spiro atoms. The summed E-state index contributed by atoms with van der Waals surface area (Å²) >= 11 is 0. The van der Waals surface area contributed by atoms with Gasteiger partial charge in [-0.05, 0) is 38.8 Å². The van der Waals surface area contributed by atoms with Crippen LogP contribution in [0.4, 0.5) is 5.69 Å². The molecule has 1 aromatic carbocycles. The predicted octanol–water partition coefficient (Wildman–Crippen LogP) is 2.17. The van der Waals surface area contributed by atoms with Crippen LogP contribution in [-0.2, 0) is 17.2 Å². The molecular formula is C16H25N3OS. The summed E-state index contributed by atoms with van der Waals surface area (Å²) in [6.07, 6.45) is 1.05. The number of hydrogen-bond donors (Lipinski definition) is 1. The second kappa shape index (κ2) is 6.60. The van der Waals surface area contributed by atoms with Gasteiger partial charge in [0.2, 0.25) is 0 Å². The summed E-state index contributed by atoms with van der Waals surface area (Å²) in [5, 5.41) is 3.34. The van der Waals surface area contributed by atoms with Crippen LogP contribution in [0, 0.1) is 0 Å². The van der Waals surface area contributed by atoms with Gasteiger partial charge in [0.05, 0.1) is 0 Å².